The second-order valence-corrected chi connectivity index (χ2v) is 4.81. The van der Waals surface area contributed by atoms with E-state index in [9.17, 15) is 0 Å². The van der Waals surface area contributed by atoms with Crippen molar-refractivity contribution in [1.82, 2.24) is 4.90 Å². The van der Waals surface area contributed by atoms with Crippen molar-refractivity contribution >= 4 is 33.0 Å². The zero-order valence-electron chi connectivity index (χ0n) is 8.20. The van der Waals surface area contributed by atoms with Crippen LogP contribution >= 0.6 is 22.9 Å². The van der Waals surface area contributed by atoms with Crippen molar-refractivity contribution in [1.29, 1.82) is 0 Å². The van der Waals surface area contributed by atoms with Gasteiger partial charge in [-0.2, -0.15) is 0 Å². The van der Waals surface area contributed by atoms with Gasteiger partial charge in [0.25, 0.3) is 0 Å². The number of thiophene rings is 1. The average molecular weight is 226 g/mol. The first-order valence-corrected chi connectivity index (χ1v) is 5.78. The highest BCUT2D eigenvalue weighted by Crippen LogP contribution is 2.33. The van der Waals surface area contributed by atoms with Crippen LogP contribution < -0.4 is 0 Å². The van der Waals surface area contributed by atoms with Crippen molar-refractivity contribution in [2.75, 3.05) is 14.1 Å². The van der Waals surface area contributed by atoms with Crippen LogP contribution in [0.25, 0.3) is 10.1 Å². The quantitative estimate of drug-likeness (QED) is 0.557. The molecule has 0 aliphatic rings. The first-order chi connectivity index (χ1) is 6.70. The van der Waals surface area contributed by atoms with Crippen LogP contribution in [0.3, 0.4) is 0 Å². The van der Waals surface area contributed by atoms with Crippen LogP contribution in [-0.2, 0) is 0 Å². The number of rotatable bonds is 2. The Kier molecular flexibility index (Phi) is 2.77. The topological polar surface area (TPSA) is 3.24 Å². The Bertz CT molecular complexity index is 436. The van der Waals surface area contributed by atoms with Gasteiger partial charge in [0.2, 0.25) is 0 Å². The highest BCUT2D eigenvalue weighted by molar-refractivity contribution is 7.17. The van der Waals surface area contributed by atoms with Crippen molar-refractivity contribution in [3.63, 3.8) is 0 Å². The molecule has 1 nitrogen and oxygen atoms in total. The van der Waals surface area contributed by atoms with Crippen molar-refractivity contribution in [3.05, 3.63) is 35.2 Å². The predicted molar refractivity (Wildman–Crippen MR) is 64.1 cm³/mol. The molecule has 0 aliphatic heterocycles. The molecular formula is C11H12ClNS. The third-order valence-electron chi connectivity index (χ3n) is 2.22. The minimum absolute atomic E-state index is 0.0360. The van der Waals surface area contributed by atoms with Crippen LogP contribution in [0.4, 0.5) is 0 Å². The van der Waals surface area contributed by atoms with Gasteiger partial charge in [0, 0.05) is 10.3 Å². The lowest BCUT2D eigenvalue weighted by molar-refractivity contribution is 0.387. The highest BCUT2D eigenvalue weighted by Gasteiger charge is 2.14. The van der Waals surface area contributed by atoms with E-state index in [-0.39, 0.29) is 5.50 Å². The average Bonchev–Trinajstić information content (AvgIpc) is 2.60. The lowest BCUT2D eigenvalue weighted by Crippen LogP contribution is -2.14. The summed E-state index contributed by atoms with van der Waals surface area (Å²) in [4.78, 5) is 2.01. The lowest BCUT2D eigenvalue weighted by Gasteiger charge is -2.16. The van der Waals surface area contributed by atoms with Gasteiger partial charge in [-0.1, -0.05) is 18.2 Å². The van der Waals surface area contributed by atoms with E-state index in [0.29, 0.717) is 0 Å². The largest absolute Gasteiger partial charge is 0.290 e. The van der Waals surface area contributed by atoms with E-state index >= 15 is 0 Å². The Morgan fingerprint density at radius 3 is 2.71 bits per heavy atom. The molecule has 1 aromatic carbocycles. The van der Waals surface area contributed by atoms with Crippen molar-refractivity contribution < 1.29 is 0 Å². The predicted octanol–water partition coefficient (Wildman–Crippen LogP) is 3.70. The number of nitrogens with zero attached hydrogens (tertiary/aromatic N) is 1. The number of hydrogen-bond donors (Lipinski definition) is 0. The zero-order valence-corrected chi connectivity index (χ0v) is 9.77. The van der Waals surface area contributed by atoms with Gasteiger partial charge in [-0.3, -0.25) is 4.90 Å². The first kappa shape index (κ1) is 9.97. The minimum Gasteiger partial charge on any atom is -0.290 e. The SMILES string of the molecule is CN(C)C(Cl)c1csc2ccccc12. The van der Waals surface area contributed by atoms with E-state index in [2.05, 4.69) is 29.6 Å². The van der Waals surface area contributed by atoms with Crippen LogP contribution in [0.1, 0.15) is 11.1 Å². The van der Waals surface area contributed by atoms with Gasteiger partial charge in [-0.25, -0.2) is 0 Å². The van der Waals surface area contributed by atoms with Gasteiger partial charge in [-0.15, -0.1) is 22.9 Å². The maximum Gasteiger partial charge on any atom is 0.112 e. The molecule has 0 fully saturated rings. The number of hydrogen-bond acceptors (Lipinski definition) is 2. The molecule has 0 aliphatic carbocycles. The summed E-state index contributed by atoms with van der Waals surface area (Å²) in [5.74, 6) is 0. The Hall–Kier alpha value is -0.570. The molecule has 0 N–H and O–H groups in total. The Labute approximate surface area is 92.9 Å². The van der Waals surface area contributed by atoms with E-state index in [0.717, 1.165) is 0 Å². The summed E-state index contributed by atoms with van der Waals surface area (Å²) in [6.07, 6.45) is 0. The minimum atomic E-state index is -0.0360. The molecule has 3 heteroatoms. The molecule has 2 aromatic rings. The molecule has 0 bridgehead atoms. The molecular weight excluding hydrogens is 214 g/mol. The lowest BCUT2D eigenvalue weighted by atomic mass is 10.2. The van der Waals surface area contributed by atoms with Gasteiger partial charge in [0.15, 0.2) is 0 Å². The van der Waals surface area contributed by atoms with Crippen LogP contribution in [-0.4, -0.2) is 19.0 Å². The van der Waals surface area contributed by atoms with E-state index in [1.165, 1.54) is 15.6 Å². The molecule has 0 amide bonds. The fourth-order valence-corrected chi connectivity index (χ4v) is 2.70. The maximum atomic E-state index is 6.29. The van der Waals surface area contributed by atoms with E-state index in [1.54, 1.807) is 11.3 Å². The summed E-state index contributed by atoms with van der Waals surface area (Å²) in [6.45, 7) is 0. The van der Waals surface area contributed by atoms with E-state index in [1.807, 2.05) is 19.0 Å². The third-order valence-corrected chi connectivity index (χ3v) is 3.83. The molecule has 1 aromatic heterocycles. The number of fused-ring (bicyclic) bond motifs is 1. The van der Waals surface area contributed by atoms with Gasteiger partial charge >= 0.3 is 0 Å². The number of alkyl halides is 1. The van der Waals surface area contributed by atoms with Crippen LogP contribution in [0, 0.1) is 0 Å². The van der Waals surface area contributed by atoms with Crippen molar-refractivity contribution in [2.24, 2.45) is 0 Å². The van der Waals surface area contributed by atoms with Gasteiger partial charge in [0.1, 0.15) is 5.50 Å². The summed E-state index contributed by atoms with van der Waals surface area (Å²) in [7, 11) is 3.98. The molecule has 0 radical (unpaired) electrons. The number of benzene rings is 1. The van der Waals surface area contributed by atoms with Crippen molar-refractivity contribution in [3.8, 4) is 0 Å². The van der Waals surface area contributed by atoms with Crippen LogP contribution in [0.2, 0.25) is 0 Å². The Morgan fingerprint density at radius 1 is 1.29 bits per heavy atom. The van der Waals surface area contributed by atoms with Gasteiger partial charge < -0.3 is 0 Å². The standard InChI is InChI=1S/C11H12ClNS/c1-13(2)11(12)9-7-14-10-6-4-3-5-8(9)10/h3-7,11H,1-2H3. The Balaban J connectivity index is 2.53. The Morgan fingerprint density at radius 2 is 2.00 bits per heavy atom. The summed E-state index contributed by atoms with van der Waals surface area (Å²) >= 11 is 8.04. The summed E-state index contributed by atoms with van der Waals surface area (Å²) in [5.41, 5.74) is 1.17. The summed E-state index contributed by atoms with van der Waals surface area (Å²) in [6, 6.07) is 8.36. The second-order valence-electron chi connectivity index (χ2n) is 3.49. The third kappa shape index (κ3) is 1.65. The fourth-order valence-electron chi connectivity index (χ4n) is 1.46. The van der Waals surface area contributed by atoms with Gasteiger partial charge in [-0.05, 0) is 30.9 Å². The molecule has 1 heterocycles. The monoisotopic (exact) mass is 225 g/mol. The highest BCUT2D eigenvalue weighted by atomic mass is 35.5. The molecule has 1 unspecified atom stereocenters. The molecule has 14 heavy (non-hydrogen) atoms. The summed E-state index contributed by atoms with van der Waals surface area (Å²) < 4.78 is 1.30. The zero-order chi connectivity index (χ0) is 10.1. The molecule has 2 rings (SSSR count). The molecule has 0 saturated carbocycles. The first-order valence-electron chi connectivity index (χ1n) is 4.47. The fraction of sp³-hybridized carbons (Fsp3) is 0.273. The molecule has 74 valence electrons. The van der Waals surface area contributed by atoms with E-state index in [4.69, 9.17) is 11.6 Å². The second kappa shape index (κ2) is 3.89. The molecule has 0 saturated heterocycles. The number of halogens is 1. The van der Waals surface area contributed by atoms with Crippen molar-refractivity contribution in [2.45, 2.75) is 5.50 Å². The van der Waals surface area contributed by atoms with Crippen LogP contribution in [0.5, 0.6) is 0 Å². The smallest absolute Gasteiger partial charge is 0.112 e. The van der Waals surface area contributed by atoms with E-state index < -0.39 is 0 Å². The molecule has 0 spiro atoms. The van der Waals surface area contributed by atoms with Crippen LogP contribution in [0.15, 0.2) is 29.6 Å². The van der Waals surface area contributed by atoms with Gasteiger partial charge in [0.05, 0.1) is 0 Å². The molecule has 1 atom stereocenters. The normalized spacial score (nSPS) is 13.7. The maximum absolute atomic E-state index is 6.29. The summed E-state index contributed by atoms with van der Waals surface area (Å²) in [5, 5.41) is 3.41.